The molecular weight excluding hydrogens is 255 g/mol. The molecule has 0 N–H and O–H groups in total. The molecule has 0 aromatic carbocycles. The summed E-state index contributed by atoms with van der Waals surface area (Å²) in [5.74, 6) is 0. The van der Waals surface area contributed by atoms with E-state index in [1.165, 1.54) is 0 Å². The molecule has 0 unspecified atom stereocenters. The van der Waals surface area contributed by atoms with Gasteiger partial charge >= 0.3 is 110 Å². The van der Waals surface area contributed by atoms with E-state index in [4.69, 9.17) is 22.6 Å². The summed E-state index contributed by atoms with van der Waals surface area (Å²) in [6.07, 6.45) is 0. The second-order valence-corrected chi connectivity index (χ2v) is 7.83. The molecular formula is C12H27O5P. The van der Waals surface area contributed by atoms with Crippen molar-refractivity contribution in [1.29, 1.82) is 0 Å². The van der Waals surface area contributed by atoms with Gasteiger partial charge in [0.15, 0.2) is 0 Å². The van der Waals surface area contributed by atoms with Gasteiger partial charge in [-0.3, -0.25) is 0 Å². The molecule has 0 saturated carbocycles. The number of hydrogen-bond donors (Lipinski definition) is 0. The predicted octanol–water partition coefficient (Wildman–Crippen LogP) is 3.83. The Kier molecular flexibility index (Phi) is 4.49. The molecule has 1 rings (SSSR count). The minimum absolute atomic E-state index is 0.407. The Morgan fingerprint density at radius 2 is 1.00 bits per heavy atom. The van der Waals surface area contributed by atoms with Crippen LogP contribution in [-0.2, 0) is 22.6 Å². The van der Waals surface area contributed by atoms with E-state index in [1.54, 1.807) is 0 Å². The summed E-state index contributed by atoms with van der Waals surface area (Å²) in [5.41, 5.74) is -1.10. The van der Waals surface area contributed by atoms with E-state index in [2.05, 4.69) is 0 Å². The molecule has 1 aliphatic heterocycles. The van der Waals surface area contributed by atoms with Crippen molar-refractivity contribution in [1.82, 2.24) is 0 Å². The van der Waals surface area contributed by atoms with Crippen molar-refractivity contribution < 1.29 is 22.6 Å². The maximum absolute atomic E-state index is 6.10. The van der Waals surface area contributed by atoms with Gasteiger partial charge in [0.1, 0.15) is 0 Å². The van der Waals surface area contributed by atoms with Crippen LogP contribution in [0.15, 0.2) is 0 Å². The first-order valence-corrected chi connectivity index (χ1v) is 8.38. The summed E-state index contributed by atoms with van der Waals surface area (Å²) in [6, 6.07) is 0. The van der Waals surface area contributed by atoms with Crippen molar-refractivity contribution in [2.24, 2.45) is 0 Å². The monoisotopic (exact) mass is 282 g/mol. The van der Waals surface area contributed by atoms with Crippen LogP contribution in [0, 0.1) is 0 Å². The molecule has 0 spiro atoms. The summed E-state index contributed by atoms with van der Waals surface area (Å²) >= 11 is 0. The molecule has 1 saturated heterocycles. The predicted molar refractivity (Wildman–Crippen MR) is 72.1 cm³/mol. The van der Waals surface area contributed by atoms with E-state index in [0.717, 1.165) is 0 Å². The standard InChI is InChI=1S/C12H27O5P/c1-8-13-18(14-9-2,15-10-3)16-11(4,5)12(6,7)17-18/h8-10H2,1-7H3. The Bertz CT molecular complexity index is 263. The van der Waals surface area contributed by atoms with Gasteiger partial charge in [-0.25, -0.2) is 0 Å². The van der Waals surface area contributed by atoms with Crippen LogP contribution < -0.4 is 0 Å². The van der Waals surface area contributed by atoms with Crippen molar-refractivity contribution >= 4 is 7.74 Å². The fourth-order valence-corrected chi connectivity index (χ4v) is 5.66. The molecule has 6 heteroatoms. The molecule has 0 aromatic heterocycles. The molecule has 0 aromatic rings. The van der Waals surface area contributed by atoms with E-state index >= 15 is 0 Å². The van der Waals surface area contributed by atoms with Gasteiger partial charge in [0.25, 0.3) is 0 Å². The van der Waals surface area contributed by atoms with Crippen molar-refractivity contribution in [2.45, 2.75) is 59.7 Å². The fourth-order valence-electron chi connectivity index (χ4n) is 1.89. The van der Waals surface area contributed by atoms with E-state index in [9.17, 15) is 0 Å². The summed E-state index contributed by atoms with van der Waals surface area (Å²) in [7, 11) is -3.94. The molecule has 0 aliphatic carbocycles. The second kappa shape index (κ2) is 4.97. The zero-order valence-electron chi connectivity index (χ0n) is 12.6. The molecule has 0 radical (unpaired) electrons. The Hall–Kier alpha value is 0.230. The Labute approximate surface area is 110 Å². The first-order chi connectivity index (χ1) is 8.16. The van der Waals surface area contributed by atoms with Gasteiger partial charge in [-0.05, 0) is 0 Å². The average molecular weight is 282 g/mol. The van der Waals surface area contributed by atoms with E-state index in [0.29, 0.717) is 19.8 Å². The normalized spacial score (nSPS) is 29.6. The molecule has 18 heavy (non-hydrogen) atoms. The zero-order chi connectivity index (χ0) is 14.1. The summed E-state index contributed by atoms with van der Waals surface area (Å²) in [4.78, 5) is 0. The summed E-state index contributed by atoms with van der Waals surface area (Å²) < 4.78 is 29.5. The molecule has 1 heterocycles. The van der Waals surface area contributed by atoms with Crippen LogP contribution in [0.1, 0.15) is 48.5 Å². The van der Waals surface area contributed by atoms with Gasteiger partial charge in [0.2, 0.25) is 0 Å². The molecule has 1 aliphatic rings. The molecule has 1 fully saturated rings. The van der Waals surface area contributed by atoms with Crippen molar-refractivity contribution in [3.05, 3.63) is 0 Å². The minimum atomic E-state index is -3.94. The average Bonchev–Trinajstić information content (AvgIpc) is 2.30. The van der Waals surface area contributed by atoms with Crippen molar-refractivity contribution in [3.8, 4) is 0 Å². The first kappa shape index (κ1) is 16.3. The van der Waals surface area contributed by atoms with Gasteiger partial charge in [-0.1, -0.05) is 0 Å². The van der Waals surface area contributed by atoms with Crippen molar-refractivity contribution in [3.63, 3.8) is 0 Å². The third-order valence-corrected chi connectivity index (χ3v) is 6.77. The molecule has 0 bridgehead atoms. The van der Waals surface area contributed by atoms with Gasteiger partial charge in [-0.15, -0.1) is 0 Å². The van der Waals surface area contributed by atoms with Crippen LogP contribution in [0.25, 0.3) is 0 Å². The summed E-state index contributed by atoms with van der Waals surface area (Å²) in [6.45, 7) is 14.7. The van der Waals surface area contributed by atoms with E-state index in [-0.39, 0.29) is 0 Å². The van der Waals surface area contributed by atoms with Crippen LogP contribution in [0.5, 0.6) is 0 Å². The SMILES string of the molecule is CCOP1(OCC)(OCC)OC(C)(C)C(C)(C)O1. The van der Waals surface area contributed by atoms with Crippen LogP contribution >= 0.6 is 7.74 Å². The van der Waals surface area contributed by atoms with Gasteiger partial charge < -0.3 is 0 Å². The third kappa shape index (κ3) is 2.58. The van der Waals surface area contributed by atoms with Gasteiger partial charge in [-0.2, -0.15) is 0 Å². The number of rotatable bonds is 6. The molecule has 110 valence electrons. The quantitative estimate of drug-likeness (QED) is 0.693. The van der Waals surface area contributed by atoms with Crippen LogP contribution in [0.3, 0.4) is 0 Å². The van der Waals surface area contributed by atoms with Crippen LogP contribution in [0.4, 0.5) is 0 Å². The van der Waals surface area contributed by atoms with Gasteiger partial charge in [0.05, 0.1) is 0 Å². The van der Waals surface area contributed by atoms with Crippen LogP contribution in [-0.4, -0.2) is 31.0 Å². The van der Waals surface area contributed by atoms with E-state index in [1.807, 2.05) is 48.5 Å². The molecule has 0 amide bonds. The fraction of sp³-hybridized carbons (Fsp3) is 1.00. The zero-order valence-corrected chi connectivity index (χ0v) is 13.5. The first-order valence-electron chi connectivity index (χ1n) is 6.56. The Morgan fingerprint density at radius 1 is 0.722 bits per heavy atom. The Morgan fingerprint density at radius 3 is 1.22 bits per heavy atom. The third-order valence-electron chi connectivity index (χ3n) is 3.22. The second-order valence-electron chi connectivity index (χ2n) is 5.20. The molecule has 0 atom stereocenters. The van der Waals surface area contributed by atoms with Gasteiger partial charge in [0, 0.05) is 0 Å². The Balaban J connectivity index is 3.22. The van der Waals surface area contributed by atoms with Crippen molar-refractivity contribution in [2.75, 3.05) is 19.8 Å². The maximum atomic E-state index is 6.10. The van der Waals surface area contributed by atoms with Crippen LogP contribution in [0.2, 0.25) is 0 Å². The summed E-state index contributed by atoms with van der Waals surface area (Å²) in [5, 5.41) is 0. The number of hydrogen-bond acceptors (Lipinski definition) is 5. The molecule has 5 nitrogen and oxygen atoms in total. The van der Waals surface area contributed by atoms with E-state index < -0.39 is 18.9 Å². The topological polar surface area (TPSA) is 46.2 Å².